The largest absolute Gasteiger partial charge is 0.503 e. The van der Waals surface area contributed by atoms with Gasteiger partial charge in [-0.05, 0) is 69.5 Å². The van der Waals surface area contributed by atoms with Crippen LogP contribution in [0.15, 0.2) is 62.2 Å². The molecule has 0 bridgehead atoms. The van der Waals surface area contributed by atoms with E-state index in [4.69, 9.17) is 30.2 Å². The van der Waals surface area contributed by atoms with Crippen LogP contribution in [0.2, 0.25) is 5.02 Å². The number of hydrogen-bond acceptors (Lipinski definition) is 7. The number of aromatic hydroxyl groups is 1. The molecule has 1 amide bonds. The topological polar surface area (TPSA) is 98.4 Å². The number of carbonyl (C=O) groups is 1. The highest BCUT2D eigenvalue weighted by Gasteiger charge is 2.43. The smallest absolute Gasteiger partial charge is 0.291 e. The van der Waals surface area contributed by atoms with Gasteiger partial charge in [0.1, 0.15) is 5.58 Å². The molecule has 36 heavy (non-hydrogen) atoms. The van der Waals surface area contributed by atoms with E-state index < -0.39 is 11.9 Å². The second-order valence-corrected chi connectivity index (χ2v) is 9.68. The average Bonchev–Trinajstić information content (AvgIpc) is 3.44. The van der Waals surface area contributed by atoms with Crippen LogP contribution < -0.4 is 19.6 Å². The quantitative estimate of drug-likeness (QED) is 0.351. The molecule has 0 radical (unpaired) electrons. The monoisotopic (exact) mass is 569 g/mol. The molecule has 1 N–H and O–H groups in total. The Labute approximate surface area is 217 Å². The molecule has 182 valence electrons. The second kappa shape index (κ2) is 8.46. The molecule has 2 aliphatic rings. The Morgan fingerprint density at radius 3 is 2.72 bits per heavy atom. The summed E-state index contributed by atoms with van der Waals surface area (Å²) in [5.41, 5.74) is 1.43. The first kappa shape index (κ1) is 22.8. The van der Waals surface area contributed by atoms with Crippen molar-refractivity contribution in [2.24, 2.45) is 0 Å². The maximum Gasteiger partial charge on any atom is 0.291 e. The first-order valence-electron chi connectivity index (χ1n) is 10.9. The molecular formula is C26H17BrClNO7. The summed E-state index contributed by atoms with van der Waals surface area (Å²) < 4.78 is 22.5. The van der Waals surface area contributed by atoms with Crippen molar-refractivity contribution in [1.29, 1.82) is 0 Å². The van der Waals surface area contributed by atoms with E-state index in [9.17, 15) is 14.7 Å². The van der Waals surface area contributed by atoms with E-state index >= 15 is 0 Å². The van der Waals surface area contributed by atoms with Gasteiger partial charge in [0.25, 0.3) is 5.91 Å². The van der Waals surface area contributed by atoms with Crippen molar-refractivity contribution in [1.82, 2.24) is 4.90 Å². The maximum atomic E-state index is 13.7. The molecule has 8 nitrogen and oxygen atoms in total. The number of phenolic OH excluding ortho intramolecular Hbond substituents is 1. The summed E-state index contributed by atoms with van der Waals surface area (Å²) in [4.78, 5) is 29.0. The molecule has 1 atom stereocenters. The fraction of sp³-hybridized carbons (Fsp3) is 0.154. The lowest BCUT2D eigenvalue weighted by Crippen LogP contribution is -2.29. The highest BCUT2D eigenvalue weighted by Crippen LogP contribution is 2.44. The van der Waals surface area contributed by atoms with E-state index in [-0.39, 0.29) is 52.6 Å². The lowest BCUT2D eigenvalue weighted by atomic mass is 9.97. The number of benzene rings is 3. The summed E-state index contributed by atoms with van der Waals surface area (Å²) in [5.74, 6) is 0.825. The van der Waals surface area contributed by atoms with Crippen LogP contribution in [0.5, 0.6) is 23.0 Å². The summed E-state index contributed by atoms with van der Waals surface area (Å²) in [6.45, 7) is 0.284. The SMILES string of the molecule is COc1cc([C@H]2c3c(oc4ccc(Cl)cc4c3=O)C(=O)N2Cc2ccc3c(c2)OCO3)cc(Br)c1O. The first-order valence-corrected chi connectivity index (χ1v) is 12.0. The molecule has 10 heteroatoms. The van der Waals surface area contributed by atoms with E-state index in [2.05, 4.69) is 15.9 Å². The fourth-order valence-electron chi connectivity index (χ4n) is 4.65. The third-order valence-electron chi connectivity index (χ3n) is 6.30. The molecule has 0 saturated heterocycles. The Kier molecular flexibility index (Phi) is 5.35. The molecule has 6 rings (SSSR count). The number of hydrogen-bond donors (Lipinski definition) is 1. The van der Waals surface area contributed by atoms with E-state index in [0.29, 0.717) is 26.6 Å². The minimum atomic E-state index is -0.816. The van der Waals surface area contributed by atoms with Crippen LogP contribution >= 0.6 is 27.5 Å². The first-order chi connectivity index (χ1) is 17.4. The van der Waals surface area contributed by atoms with Gasteiger partial charge in [0.15, 0.2) is 28.4 Å². The molecule has 1 aromatic heterocycles. The number of phenols is 1. The van der Waals surface area contributed by atoms with Crippen LogP contribution in [0.4, 0.5) is 0 Å². The summed E-state index contributed by atoms with van der Waals surface area (Å²) in [7, 11) is 1.42. The Morgan fingerprint density at radius 2 is 1.92 bits per heavy atom. The van der Waals surface area contributed by atoms with Crippen molar-refractivity contribution in [2.45, 2.75) is 12.6 Å². The number of methoxy groups -OCH3 is 1. The highest BCUT2D eigenvalue weighted by atomic mass is 79.9. The van der Waals surface area contributed by atoms with Gasteiger partial charge in [-0.3, -0.25) is 9.59 Å². The van der Waals surface area contributed by atoms with Gasteiger partial charge in [-0.2, -0.15) is 0 Å². The summed E-state index contributed by atoms with van der Waals surface area (Å²) in [6, 6.07) is 12.5. The Morgan fingerprint density at radius 1 is 1.11 bits per heavy atom. The molecule has 0 saturated carbocycles. The molecular weight excluding hydrogens is 554 g/mol. The van der Waals surface area contributed by atoms with Gasteiger partial charge < -0.3 is 28.6 Å². The minimum Gasteiger partial charge on any atom is -0.503 e. The van der Waals surface area contributed by atoms with Crippen molar-refractivity contribution in [2.75, 3.05) is 13.9 Å². The van der Waals surface area contributed by atoms with Crippen molar-refractivity contribution >= 4 is 44.4 Å². The molecule has 0 unspecified atom stereocenters. The number of amides is 1. The van der Waals surface area contributed by atoms with Gasteiger partial charge in [0.05, 0.1) is 28.6 Å². The average molecular weight is 571 g/mol. The predicted molar refractivity (Wildman–Crippen MR) is 134 cm³/mol. The molecule has 4 aromatic rings. The zero-order chi connectivity index (χ0) is 25.1. The standard InChI is InChI=1S/C26H17BrClNO7/c1-33-20-8-13(7-16(27)24(20)31)22-21-23(30)15-9-14(28)3-5-17(15)36-25(21)26(32)29(22)10-12-2-4-18-19(6-12)35-11-34-18/h2-9,22,31H,10-11H2,1H3/t22-/m0/s1. The van der Waals surface area contributed by atoms with E-state index in [0.717, 1.165) is 5.56 Å². The summed E-state index contributed by atoms with van der Waals surface area (Å²) in [5, 5.41) is 11.0. The predicted octanol–water partition coefficient (Wildman–Crippen LogP) is 5.40. The van der Waals surface area contributed by atoms with Crippen molar-refractivity contribution < 1.29 is 28.5 Å². The Balaban J connectivity index is 1.56. The van der Waals surface area contributed by atoms with Crippen molar-refractivity contribution in [3.63, 3.8) is 0 Å². The Hall–Kier alpha value is -3.69. The third kappa shape index (κ3) is 3.50. The summed E-state index contributed by atoms with van der Waals surface area (Å²) in [6.07, 6.45) is 0. The highest BCUT2D eigenvalue weighted by molar-refractivity contribution is 9.10. The third-order valence-corrected chi connectivity index (χ3v) is 7.14. The summed E-state index contributed by atoms with van der Waals surface area (Å²) >= 11 is 9.50. The normalized spacial score (nSPS) is 16.0. The lowest BCUT2D eigenvalue weighted by molar-refractivity contribution is 0.0714. The molecule has 2 aliphatic heterocycles. The van der Waals surface area contributed by atoms with E-state index in [1.54, 1.807) is 41.3 Å². The van der Waals surface area contributed by atoms with Gasteiger partial charge >= 0.3 is 0 Å². The zero-order valence-corrected chi connectivity index (χ0v) is 21.1. The van der Waals surface area contributed by atoms with Crippen LogP contribution in [0.25, 0.3) is 11.0 Å². The lowest BCUT2D eigenvalue weighted by Gasteiger charge is -2.26. The number of fused-ring (bicyclic) bond motifs is 3. The van der Waals surface area contributed by atoms with Crippen molar-refractivity contribution in [3.8, 4) is 23.0 Å². The van der Waals surface area contributed by atoms with Gasteiger partial charge in [0.2, 0.25) is 12.6 Å². The second-order valence-electron chi connectivity index (χ2n) is 8.39. The van der Waals surface area contributed by atoms with Crippen LogP contribution in [0, 0.1) is 0 Å². The van der Waals surface area contributed by atoms with Crippen LogP contribution in [-0.2, 0) is 6.54 Å². The van der Waals surface area contributed by atoms with Crippen LogP contribution in [0.3, 0.4) is 0 Å². The molecule has 0 fully saturated rings. The number of nitrogens with zero attached hydrogens (tertiary/aromatic N) is 1. The number of rotatable bonds is 4. The molecule has 3 heterocycles. The van der Waals surface area contributed by atoms with Crippen molar-refractivity contribution in [3.05, 3.63) is 90.7 Å². The van der Waals surface area contributed by atoms with E-state index in [1.807, 2.05) is 6.07 Å². The van der Waals surface area contributed by atoms with Gasteiger partial charge in [-0.25, -0.2) is 0 Å². The van der Waals surface area contributed by atoms with E-state index in [1.165, 1.54) is 13.2 Å². The number of halogens is 2. The zero-order valence-electron chi connectivity index (χ0n) is 18.7. The van der Waals surface area contributed by atoms with Gasteiger partial charge in [-0.1, -0.05) is 17.7 Å². The number of ether oxygens (including phenoxy) is 3. The van der Waals surface area contributed by atoms with Crippen LogP contribution in [-0.4, -0.2) is 29.8 Å². The Bertz CT molecular complexity index is 1630. The number of carbonyl (C=O) groups excluding carboxylic acids is 1. The fourth-order valence-corrected chi connectivity index (χ4v) is 5.28. The van der Waals surface area contributed by atoms with Crippen LogP contribution in [0.1, 0.15) is 33.3 Å². The molecule has 0 aliphatic carbocycles. The van der Waals surface area contributed by atoms with Gasteiger partial charge in [-0.15, -0.1) is 0 Å². The maximum absolute atomic E-state index is 13.7. The minimum absolute atomic E-state index is 0.0382. The molecule has 3 aromatic carbocycles. The van der Waals surface area contributed by atoms with Gasteiger partial charge in [0, 0.05) is 11.6 Å². The molecule has 0 spiro atoms.